The second-order valence-corrected chi connectivity index (χ2v) is 6.59. The van der Waals surface area contributed by atoms with E-state index in [1.54, 1.807) is 0 Å². The molecule has 0 fully saturated rings. The Kier molecular flexibility index (Phi) is 5.86. The van der Waals surface area contributed by atoms with Crippen LogP contribution in [0.3, 0.4) is 0 Å². The molecule has 1 heterocycles. The quantitative estimate of drug-likeness (QED) is 0.816. The average molecular weight is 288 g/mol. The highest BCUT2D eigenvalue weighted by atomic mass is 32.2. The first-order valence-corrected chi connectivity index (χ1v) is 8.49. The maximum absolute atomic E-state index is 4.46. The van der Waals surface area contributed by atoms with Crippen molar-refractivity contribution in [1.82, 2.24) is 10.3 Å². The van der Waals surface area contributed by atoms with Gasteiger partial charge in [0.2, 0.25) is 0 Å². The number of pyridine rings is 1. The zero-order valence-corrected chi connectivity index (χ0v) is 13.4. The van der Waals surface area contributed by atoms with Gasteiger partial charge in [-0.2, -0.15) is 11.8 Å². The Balaban J connectivity index is 2.17. The van der Waals surface area contributed by atoms with Crippen molar-refractivity contribution in [3.63, 3.8) is 0 Å². The number of hydrogen-bond acceptors (Lipinski definition) is 3. The molecular formula is C17H24N2S. The highest BCUT2D eigenvalue weighted by molar-refractivity contribution is 7.99. The van der Waals surface area contributed by atoms with Crippen LogP contribution < -0.4 is 5.32 Å². The van der Waals surface area contributed by atoms with Crippen molar-refractivity contribution in [2.45, 2.75) is 38.5 Å². The molecule has 1 aromatic heterocycles. The monoisotopic (exact) mass is 288 g/mol. The van der Waals surface area contributed by atoms with E-state index in [0.717, 1.165) is 23.1 Å². The lowest BCUT2D eigenvalue weighted by Crippen LogP contribution is -2.23. The molecule has 0 aliphatic rings. The van der Waals surface area contributed by atoms with E-state index >= 15 is 0 Å². The number of hydrogen-bond donors (Lipinski definition) is 1. The van der Waals surface area contributed by atoms with Crippen LogP contribution >= 0.6 is 11.8 Å². The molecule has 1 N–H and O–H groups in total. The summed E-state index contributed by atoms with van der Waals surface area (Å²) in [4.78, 5) is 4.46. The van der Waals surface area contributed by atoms with Gasteiger partial charge in [-0.15, -0.1) is 0 Å². The fourth-order valence-electron chi connectivity index (χ4n) is 2.20. The minimum atomic E-state index is 0.408. The second-order valence-electron chi connectivity index (χ2n) is 5.12. The molecule has 0 aliphatic heterocycles. The van der Waals surface area contributed by atoms with Crippen molar-refractivity contribution < 1.29 is 0 Å². The van der Waals surface area contributed by atoms with E-state index in [0.29, 0.717) is 6.04 Å². The molecule has 2 atom stereocenters. The molecule has 2 rings (SSSR count). The maximum atomic E-state index is 4.46. The largest absolute Gasteiger partial charge is 0.310 e. The molecule has 20 heavy (non-hydrogen) atoms. The van der Waals surface area contributed by atoms with Gasteiger partial charge < -0.3 is 5.32 Å². The van der Waals surface area contributed by atoms with Gasteiger partial charge in [-0.3, -0.25) is 4.98 Å². The Morgan fingerprint density at radius 1 is 1.25 bits per heavy atom. The topological polar surface area (TPSA) is 24.9 Å². The summed E-state index contributed by atoms with van der Waals surface area (Å²) in [6.45, 7) is 7.71. The van der Waals surface area contributed by atoms with Crippen LogP contribution in [0.1, 0.15) is 38.8 Å². The number of thioether (sulfide) groups is 1. The normalized spacial score (nSPS) is 14.3. The second kappa shape index (κ2) is 7.65. The van der Waals surface area contributed by atoms with Crippen molar-refractivity contribution in [2.75, 3.05) is 12.3 Å². The average Bonchev–Trinajstić information content (AvgIpc) is 2.50. The summed E-state index contributed by atoms with van der Waals surface area (Å²) in [6.07, 6.45) is 3.09. The summed E-state index contributed by atoms with van der Waals surface area (Å²) in [7, 11) is 0. The number of nitrogens with zero attached hydrogens (tertiary/aromatic N) is 1. The first kappa shape index (κ1) is 15.3. The number of aromatic nitrogens is 1. The fraction of sp³-hybridized carbons (Fsp3) is 0.471. The molecule has 0 bridgehead atoms. The molecule has 3 heteroatoms. The highest BCUT2D eigenvalue weighted by Crippen LogP contribution is 2.25. The predicted molar refractivity (Wildman–Crippen MR) is 90.4 cm³/mol. The van der Waals surface area contributed by atoms with Gasteiger partial charge in [0.05, 0.1) is 5.52 Å². The molecule has 2 nitrogen and oxygen atoms in total. The summed E-state index contributed by atoms with van der Waals surface area (Å²) in [6, 6.07) is 11.1. The maximum Gasteiger partial charge on any atom is 0.0705 e. The highest BCUT2D eigenvalue weighted by Gasteiger charge is 2.12. The SMILES string of the molecule is CCNC(CSC(C)CC)c1ccc2cccnc2c1. The van der Waals surface area contributed by atoms with Gasteiger partial charge in [-0.25, -0.2) is 0 Å². The van der Waals surface area contributed by atoms with Gasteiger partial charge in [-0.05, 0) is 30.7 Å². The third-order valence-corrected chi connectivity index (χ3v) is 5.03. The Labute approximate surface area is 126 Å². The lowest BCUT2D eigenvalue weighted by molar-refractivity contribution is 0.605. The Morgan fingerprint density at radius 3 is 2.85 bits per heavy atom. The molecule has 2 unspecified atom stereocenters. The van der Waals surface area contributed by atoms with E-state index in [-0.39, 0.29) is 0 Å². The predicted octanol–water partition coefficient (Wildman–Crippen LogP) is 4.42. The van der Waals surface area contributed by atoms with Crippen molar-refractivity contribution in [3.8, 4) is 0 Å². The van der Waals surface area contributed by atoms with Gasteiger partial charge in [0, 0.05) is 28.6 Å². The van der Waals surface area contributed by atoms with E-state index in [9.17, 15) is 0 Å². The first-order chi connectivity index (χ1) is 9.74. The van der Waals surface area contributed by atoms with E-state index in [4.69, 9.17) is 0 Å². The van der Waals surface area contributed by atoms with Crippen LogP contribution in [0, 0.1) is 0 Å². The van der Waals surface area contributed by atoms with Crippen LogP contribution in [0.5, 0.6) is 0 Å². The molecule has 2 aromatic rings. The van der Waals surface area contributed by atoms with Crippen molar-refractivity contribution in [2.24, 2.45) is 0 Å². The molecule has 108 valence electrons. The Hall–Kier alpha value is -1.06. The summed E-state index contributed by atoms with van der Waals surface area (Å²) in [5.41, 5.74) is 2.43. The summed E-state index contributed by atoms with van der Waals surface area (Å²) < 4.78 is 0. The molecule has 0 amide bonds. The summed E-state index contributed by atoms with van der Waals surface area (Å²) in [5, 5.41) is 5.52. The number of rotatable bonds is 7. The fourth-order valence-corrected chi connectivity index (χ4v) is 3.26. The van der Waals surface area contributed by atoms with Crippen molar-refractivity contribution in [3.05, 3.63) is 42.1 Å². The van der Waals surface area contributed by atoms with Crippen LogP contribution in [0.25, 0.3) is 10.9 Å². The standard InChI is InChI=1S/C17H24N2S/c1-4-13(3)20-12-17(18-5-2)15-9-8-14-7-6-10-19-16(14)11-15/h6-11,13,17-18H,4-5,12H2,1-3H3. The summed E-state index contributed by atoms with van der Waals surface area (Å²) >= 11 is 2.04. The lowest BCUT2D eigenvalue weighted by Gasteiger charge is -2.20. The number of fused-ring (bicyclic) bond motifs is 1. The van der Waals surface area contributed by atoms with Gasteiger partial charge >= 0.3 is 0 Å². The minimum Gasteiger partial charge on any atom is -0.310 e. The third kappa shape index (κ3) is 3.97. The molecule has 0 spiro atoms. The van der Waals surface area contributed by atoms with Crippen LogP contribution in [0.15, 0.2) is 36.5 Å². The first-order valence-electron chi connectivity index (χ1n) is 7.44. The molecular weight excluding hydrogens is 264 g/mol. The zero-order chi connectivity index (χ0) is 14.4. The zero-order valence-electron chi connectivity index (χ0n) is 12.6. The van der Waals surface area contributed by atoms with E-state index in [1.807, 2.05) is 24.0 Å². The van der Waals surface area contributed by atoms with Gasteiger partial charge in [0.1, 0.15) is 0 Å². The molecule has 0 aliphatic carbocycles. The van der Waals surface area contributed by atoms with Crippen LogP contribution in [0.2, 0.25) is 0 Å². The molecule has 1 aromatic carbocycles. The Bertz CT molecular complexity index is 541. The smallest absolute Gasteiger partial charge is 0.0705 e. The number of nitrogens with one attached hydrogen (secondary N) is 1. The lowest BCUT2D eigenvalue weighted by atomic mass is 10.1. The third-order valence-electron chi connectivity index (χ3n) is 3.61. The minimum absolute atomic E-state index is 0.408. The van der Waals surface area contributed by atoms with Gasteiger partial charge in [-0.1, -0.05) is 39.0 Å². The van der Waals surface area contributed by atoms with E-state index < -0.39 is 0 Å². The van der Waals surface area contributed by atoms with Gasteiger partial charge in [0.25, 0.3) is 0 Å². The number of benzene rings is 1. The Morgan fingerprint density at radius 2 is 2.10 bits per heavy atom. The molecule has 0 saturated carbocycles. The van der Waals surface area contributed by atoms with Crippen LogP contribution in [-0.2, 0) is 0 Å². The van der Waals surface area contributed by atoms with Crippen LogP contribution in [0.4, 0.5) is 0 Å². The van der Waals surface area contributed by atoms with E-state index in [2.05, 4.69) is 55.3 Å². The van der Waals surface area contributed by atoms with Crippen molar-refractivity contribution >= 4 is 22.7 Å². The van der Waals surface area contributed by atoms with E-state index in [1.165, 1.54) is 17.4 Å². The molecule has 0 radical (unpaired) electrons. The van der Waals surface area contributed by atoms with Gasteiger partial charge in [0.15, 0.2) is 0 Å². The van der Waals surface area contributed by atoms with Crippen LogP contribution in [-0.4, -0.2) is 22.5 Å². The molecule has 0 saturated heterocycles. The van der Waals surface area contributed by atoms with Crippen molar-refractivity contribution in [1.29, 1.82) is 0 Å². The summed E-state index contributed by atoms with van der Waals surface area (Å²) in [5.74, 6) is 1.11.